The highest BCUT2D eigenvalue weighted by Crippen LogP contribution is 2.39. The van der Waals surface area contributed by atoms with Crippen LogP contribution in [0.1, 0.15) is 31.0 Å². The Balaban J connectivity index is 1.93. The van der Waals surface area contributed by atoms with Gasteiger partial charge >= 0.3 is 0 Å². The summed E-state index contributed by atoms with van der Waals surface area (Å²) in [5.41, 5.74) is 3.77. The van der Waals surface area contributed by atoms with Crippen molar-refractivity contribution in [1.82, 2.24) is 4.57 Å². The van der Waals surface area contributed by atoms with Crippen molar-refractivity contribution in [2.75, 3.05) is 18.0 Å². The van der Waals surface area contributed by atoms with Crippen LogP contribution in [0.25, 0.3) is 0 Å². The fourth-order valence-corrected chi connectivity index (χ4v) is 3.55. The molecule has 0 unspecified atom stereocenters. The van der Waals surface area contributed by atoms with E-state index in [2.05, 4.69) is 48.2 Å². The van der Waals surface area contributed by atoms with Crippen molar-refractivity contribution in [3.63, 3.8) is 0 Å². The fourth-order valence-electron chi connectivity index (χ4n) is 3.55. The lowest BCUT2D eigenvalue weighted by Crippen LogP contribution is -2.31. The number of benzene rings is 1. The second-order valence-electron chi connectivity index (χ2n) is 6.42. The van der Waals surface area contributed by atoms with Crippen LogP contribution in [-0.4, -0.2) is 17.7 Å². The molecule has 3 rings (SSSR count). The Morgan fingerprint density at radius 3 is 2.55 bits per heavy atom. The molecule has 3 heteroatoms. The van der Waals surface area contributed by atoms with Gasteiger partial charge in [0.1, 0.15) is 0 Å². The molecule has 3 nitrogen and oxygen atoms in total. The molecule has 0 aliphatic carbocycles. The Hall–Kier alpha value is -2.03. The number of nitrogens with zero attached hydrogens (tertiary/aromatic N) is 2. The number of hydrogen-bond acceptors (Lipinski definition) is 2. The SMILES string of the molecule is CC[C@]1(c2ccccc2)CCN(c2cc(C)n(C)c(=O)c2)C1. The first-order valence-electron chi connectivity index (χ1n) is 8.04. The van der Waals surface area contributed by atoms with Crippen molar-refractivity contribution in [3.05, 3.63) is 64.1 Å². The number of anilines is 1. The summed E-state index contributed by atoms with van der Waals surface area (Å²) in [7, 11) is 1.83. The van der Waals surface area contributed by atoms with Crippen LogP contribution in [0.3, 0.4) is 0 Å². The second kappa shape index (κ2) is 5.64. The molecule has 0 amide bonds. The highest BCUT2D eigenvalue weighted by molar-refractivity contribution is 5.50. The van der Waals surface area contributed by atoms with Crippen molar-refractivity contribution in [3.8, 4) is 0 Å². The lowest BCUT2D eigenvalue weighted by molar-refractivity contribution is 0.459. The van der Waals surface area contributed by atoms with E-state index in [1.807, 2.05) is 14.0 Å². The number of rotatable bonds is 3. The average Bonchev–Trinajstić information content (AvgIpc) is 2.99. The van der Waals surface area contributed by atoms with Gasteiger partial charge in [-0.2, -0.15) is 0 Å². The number of aryl methyl sites for hydroxylation is 1. The van der Waals surface area contributed by atoms with E-state index in [1.54, 1.807) is 10.6 Å². The predicted molar refractivity (Wildman–Crippen MR) is 91.7 cm³/mol. The van der Waals surface area contributed by atoms with Gasteiger partial charge in [0, 0.05) is 43.0 Å². The minimum absolute atomic E-state index is 0.0729. The zero-order valence-corrected chi connectivity index (χ0v) is 13.7. The highest BCUT2D eigenvalue weighted by atomic mass is 16.1. The molecule has 0 bridgehead atoms. The van der Waals surface area contributed by atoms with Crippen LogP contribution < -0.4 is 10.5 Å². The molecule has 2 aromatic rings. The van der Waals surface area contributed by atoms with Crippen molar-refractivity contribution in [2.24, 2.45) is 7.05 Å². The first-order chi connectivity index (χ1) is 10.6. The Labute approximate surface area is 132 Å². The normalized spacial score (nSPS) is 21.3. The molecule has 1 fully saturated rings. The van der Waals surface area contributed by atoms with Crippen LogP contribution >= 0.6 is 0 Å². The molecule has 2 heterocycles. The molecule has 1 aliphatic rings. The van der Waals surface area contributed by atoms with E-state index in [1.165, 1.54) is 5.56 Å². The van der Waals surface area contributed by atoms with Crippen LogP contribution in [0, 0.1) is 6.92 Å². The van der Waals surface area contributed by atoms with Crippen molar-refractivity contribution >= 4 is 5.69 Å². The molecule has 116 valence electrons. The molecule has 1 saturated heterocycles. The molecule has 1 atom stereocenters. The maximum Gasteiger partial charge on any atom is 0.252 e. The summed E-state index contributed by atoms with van der Waals surface area (Å²) < 4.78 is 1.70. The summed E-state index contributed by atoms with van der Waals surface area (Å²) in [5, 5.41) is 0. The van der Waals surface area contributed by atoms with Crippen LogP contribution in [0.5, 0.6) is 0 Å². The Morgan fingerprint density at radius 2 is 1.91 bits per heavy atom. The van der Waals surface area contributed by atoms with E-state index in [9.17, 15) is 4.79 Å². The van der Waals surface area contributed by atoms with Gasteiger partial charge in [-0.05, 0) is 31.4 Å². The van der Waals surface area contributed by atoms with Crippen molar-refractivity contribution in [2.45, 2.75) is 32.1 Å². The van der Waals surface area contributed by atoms with E-state index in [0.717, 1.165) is 37.3 Å². The third-order valence-corrected chi connectivity index (χ3v) is 5.27. The molecule has 22 heavy (non-hydrogen) atoms. The van der Waals surface area contributed by atoms with Crippen LogP contribution in [0.4, 0.5) is 5.69 Å². The van der Waals surface area contributed by atoms with E-state index >= 15 is 0 Å². The largest absolute Gasteiger partial charge is 0.370 e. The molecule has 0 radical (unpaired) electrons. The van der Waals surface area contributed by atoms with E-state index in [4.69, 9.17) is 0 Å². The Kier molecular flexibility index (Phi) is 3.81. The van der Waals surface area contributed by atoms with Crippen molar-refractivity contribution in [1.29, 1.82) is 0 Å². The smallest absolute Gasteiger partial charge is 0.252 e. The molecule has 1 aromatic carbocycles. The summed E-state index contributed by atoms with van der Waals surface area (Å²) in [4.78, 5) is 14.4. The summed E-state index contributed by atoms with van der Waals surface area (Å²) >= 11 is 0. The van der Waals surface area contributed by atoms with Gasteiger partial charge in [-0.25, -0.2) is 0 Å². The first kappa shape index (κ1) is 14.9. The van der Waals surface area contributed by atoms with Gasteiger partial charge in [-0.15, -0.1) is 0 Å². The Morgan fingerprint density at radius 1 is 1.18 bits per heavy atom. The van der Waals surface area contributed by atoms with Crippen LogP contribution in [0.2, 0.25) is 0 Å². The molecule has 0 saturated carbocycles. The zero-order valence-electron chi connectivity index (χ0n) is 13.7. The minimum atomic E-state index is 0.0729. The standard InChI is InChI=1S/C19H24N2O/c1-4-19(16-8-6-5-7-9-16)10-11-21(14-19)17-12-15(2)20(3)18(22)13-17/h5-9,12-13H,4,10-11,14H2,1-3H3/t19-/m0/s1. The third-order valence-electron chi connectivity index (χ3n) is 5.27. The van der Waals surface area contributed by atoms with Gasteiger partial charge in [0.15, 0.2) is 0 Å². The molecular weight excluding hydrogens is 272 g/mol. The second-order valence-corrected chi connectivity index (χ2v) is 6.42. The summed E-state index contributed by atoms with van der Waals surface area (Å²) in [6.07, 6.45) is 2.26. The average molecular weight is 296 g/mol. The predicted octanol–water partition coefficient (Wildman–Crippen LogP) is 3.25. The monoisotopic (exact) mass is 296 g/mol. The van der Waals surface area contributed by atoms with E-state index in [0.29, 0.717) is 0 Å². The maximum absolute atomic E-state index is 12.1. The molecule has 0 spiro atoms. The summed E-state index contributed by atoms with van der Waals surface area (Å²) in [6.45, 7) is 6.26. The maximum atomic E-state index is 12.1. The van der Waals surface area contributed by atoms with Gasteiger partial charge in [-0.3, -0.25) is 4.79 Å². The van der Waals surface area contributed by atoms with Gasteiger partial charge in [0.2, 0.25) is 0 Å². The van der Waals surface area contributed by atoms with Crippen LogP contribution in [0.15, 0.2) is 47.3 Å². The zero-order chi connectivity index (χ0) is 15.7. The van der Waals surface area contributed by atoms with Crippen LogP contribution in [-0.2, 0) is 12.5 Å². The summed E-state index contributed by atoms with van der Waals surface area (Å²) in [6, 6.07) is 14.7. The minimum Gasteiger partial charge on any atom is -0.370 e. The van der Waals surface area contributed by atoms with Gasteiger partial charge < -0.3 is 9.47 Å². The van der Waals surface area contributed by atoms with E-state index in [-0.39, 0.29) is 11.0 Å². The number of aromatic nitrogens is 1. The van der Waals surface area contributed by atoms with Crippen molar-refractivity contribution < 1.29 is 0 Å². The van der Waals surface area contributed by atoms with E-state index < -0.39 is 0 Å². The number of hydrogen-bond donors (Lipinski definition) is 0. The molecule has 1 aromatic heterocycles. The molecule has 0 N–H and O–H groups in total. The van der Waals surface area contributed by atoms with Gasteiger partial charge in [-0.1, -0.05) is 37.3 Å². The highest BCUT2D eigenvalue weighted by Gasteiger charge is 2.38. The van der Waals surface area contributed by atoms with Gasteiger partial charge in [0.05, 0.1) is 0 Å². The quantitative estimate of drug-likeness (QED) is 0.868. The Bertz CT molecular complexity index is 720. The van der Waals surface area contributed by atoms with Gasteiger partial charge in [0.25, 0.3) is 5.56 Å². The topological polar surface area (TPSA) is 25.2 Å². The lowest BCUT2D eigenvalue weighted by atomic mass is 9.77. The first-order valence-corrected chi connectivity index (χ1v) is 8.04. The third kappa shape index (κ3) is 2.45. The molecular formula is C19H24N2O. The number of pyridine rings is 1. The molecule has 1 aliphatic heterocycles. The lowest BCUT2D eigenvalue weighted by Gasteiger charge is -2.29. The fraction of sp³-hybridized carbons (Fsp3) is 0.421. The summed E-state index contributed by atoms with van der Waals surface area (Å²) in [5.74, 6) is 0.